The normalized spacial score (nSPS) is 23.6. The lowest BCUT2D eigenvalue weighted by Gasteiger charge is -2.44. The van der Waals surface area contributed by atoms with Crippen LogP contribution in [-0.4, -0.2) is 101 Å². The molecule has 1 aliphatic heterocycles. The van der Waals surface area contributed by atoms with Crippen molar-refractivity contribution in [1.29, 1.82) is 0 Å². The number of carbonyl (C=O) groups excluding carboxylic acids is 3. The van der Waals surface area contributed by atoms with E-state index in [9.17, 15) is 29.7 Å². The molecule has 4 N–H and O–H groups in total. The van der Waals surface area contributed by atoms with Crippen molar-refractivity contribution in [3.05, 3.63) is 0 Å². The summed E-state index contributed by atoms with van der Waals surface area (Å²) in [6, 6.07) is 0. The molecule has 0 aliphatic carbocycles. The average Bonchev–Trinajstić information content (AvgIpc) is 2.96. The molecule has 1 fully saturated rings. The standard InChI is InChI=1S/C30H54O12/c1-4-6-8-10-12-14-16-25(36)41-28-27(39-21(3)33)24(19-32)40-30(38-20-23(35)22(34)18-31)29(28)42-26(37)17-15-13-11-9-7-5-2/h22-24,27-32,34-35H,4-20H2,1-3H3/t22-,23+,24+,27+,28-,29-,30+/m0/s1. The molecule has 12 nitrogen and oxygen atoms in total. The quantitative estimate of drug-likeness (QED) is 0.0760. The van der Waals surface area contributed by atoms with Gasteiger partial charge in [-0.3, -0.25) is 14.4 Å². The Bertz CT molecular complexity index is 748. The van der Waals surface area contributed by atoms with Crippen LogP contribution in [0.4, 0.5) is 0 Å². The van der Waals surface area contributed by atoms with Crippen molar-refractivity contribution in [2.75, 3.05) is 19.8 Å². The molecule has 7 atom stereocenters. The van der Waals surface area contributed by atoms with Gasteiger partial charge < -0.3 is 44.1 Å². The minimum Gasteiger partial charge on any atom is -0.456 e. The highest BCUT2D eigenvalue weighted by atomic mass is 16.7. The molecule has 0 unspecified atom stereocenters. The Labute approximate surface area is 250 Å². The number of unbranched alkanes of at least 4 members (excludes halogenated alkanes) is 10. The van der Waals surface area contributed by atoms with E-state index in [1.165, 1.54) is 0 Å². The third-order valence-electron chi connectivity index (χ3n) is 7.14. The van der Waals surface area contributed by atoms with Crippen molar-refractivity contribution in [3.8, 4) is 0 Å². The van der Waals surface area contributed by atoms with Gasteiger partial charge in [0, 0.05) is 19.8 Å². The van der Waals surface area contributed by atoms with E-state index in [-0.39, 0.29) is 12.8 Å². The van der Waals surface area contributed by atoms with Crippen LogP contribution in [0.15, 0.2) is 0 Å². The van der Waals surface area contributed by atoms with Crippen LogP contribution in [-0.2, 0) is 38.1 Å². The summed E-state index contributed by atoms with van der Waals surface area (Å²) < 4.78 is 28.2. The second-order valence-corrected chi connectivity index (χ2v) is 10.9. The fourth-order valence-electron chi connectivity index (χ4n) is 4.70. The van der Waals surface area contributed by atoms with E-state index in [2.05, 4.69) is 13.8 Å². The van der Waals surface area contributed by atoms with Gasteiger partial charge in [-0.25, -0.2) is 0 Å². The highest BCUT2D eigenvalue weighted by Crippen LogP contribution is 2.30. The molecule has 0 amide bonds. The number of ether oxygens (including phenoxy) is 5. The van der Waals surface area contributed by atoms with Gasteiger partial charge >= 0.3 is 17.9 Å². The van der Waals surface area contributed by atoms with Gasteiger partial charge in [-0.15, -0.1) is 0 Å². The Hall–Kier alpha value is -1.83. The Morgan fingerprint density at radius 3 is 1.67 bits per heavy atom. The van der Waals surface area contributed by atoms with Gasteiger partial charge in [-0.1, -0.05) is 78.1 Å². The summed E-state index contributed by atoms with van der Waals surface area (Å²) in [5, 5.41) is 39.0. The molecule has 1 rings (SSSR count). The van der Waals surface area contributed by atoms with Crippen LogP contribution in [0.2, 0.25) is 0 Å². The van der Waals surface area contributed by atoms with E-state index in [1.807, 2.05) is 0 Å². The molecule has 246 valence electrons. The largest absolute Gasteiger partial charge is 0.456 e. The molecule has 1 heterocycles. The summed E-state index contributed by atoms with van der Waals surface area (Å²) in [4.78, 5) is 37.8. The summed E-state index contributed by atoms with van der Waals surface area (Å²) in [5.74, 6) is -1.93. The minimum atomic E-state index is -1.51. The van der Waals surface area contributed by atoms with Crippen molar-refractivity contribution in [2.24, 2.45) is 0 Å². The highest BCUT2D eigenvalue weighted by Gasteiger charge is 2.52. The highest BCUT2D eigenvalue weighted by molar-refractivity contribution is 5.71. The van der Waals surface area contributed by atoms with E-state index in [4.69, 9.17) is 28.8 Å². The minimum absolute atomic E-state index is 0.0846. The lowest BCUT2D eigenvalue weighted by atomic mass is 9.98. The molecule has 0 spiro atoms. The van der Waals surface area contributed by atoms with Crippen molar-refractivity contribution in [1.82, 2.24) is 0 Å². The zero-order chi connectivity index (χ0) is 31.3. The smallest absolute Gasteiger partial charge is 0.306 e. The van der Waals surface area contributed by atoms with Crippen molar-refractivity contribution in [2.45, 2.75) is 154 Å². The Kier molecular flexibility index (Phi) is 20.6. The number of carbonyl (C=O) groups is 3. The lowest BCUT2D eigenvalue weighted by Crippen LogP contribution is -2.63. The topological polar surface area (TPSA) is 178 Å². The summed E-state index contributed by atoms with van der Waals surface area (Å²) in [6.45, 7) is 3.48. The van der Waals surface area contributed by atoms with Crippen molar-refractivity contribution in [3.63, 3.8) is 0 Å². The first-order valence-electron chi connectivity index (χ1n) is 15.6. The van der Waals surface area contributed by atoms with Crippen LogP contribution in [0.1, 0.15) is 111 Å². The maximum atomic E-state index is 12.9. The molecule has 0 aromatic carbocycles. The second-order valence-electron chi connectivity index (χ2n) is 10.9. The number of hydrogen-bond acceptors (Lipinski definition) is 12. The molecule has 1 saturated heterocycles. The fourth-order valence-corrected chi connectivity index (χ4v) is 4.70. The molecule has 0 radical (unpaired) electrons. The zero-order valence-corrected chi connectivity index (χ0v) is 25.6. The molecule has 0 aromatic heterocycles. The molecular weight excluding hydrogens is 552 g/mol. The van der Waals surface area contributed by atoms with Gasteiger partial charge in [0.15, 0.2) is 24.6 Å². The van der Waals surface area contributed by atoms with Gasteiger partial charge in [0.25, 0.3) is 0 Å². The van der Waals surface area contributed by atoms with Gasteiger partial charge in [0.2, 0.25) is 0 Å². The third kappa shape index (κ3) is 15.1. The number of aliphatic hydroxyl groups is 4. The van der Waals surface area contributed by atoms with Crippen LogP contribution >= 0.6 is 0 Å². The van der Waals surface area contributed by atoms with Gasteiger partial charge in [-0.2, -0.15) is 0 Å². The second kappa shape index (κ2) is 22.7. The first kappa shape index (κ1) is 38.2. The van der Waals surface area contributed by atoms with E-state index in [0.29, 0.717) is 12.8 Å². The Balaban J connectivity index is 3.10. The van der Waals surface area contributed by atoms with Crippen molar-refractivity contribution < 1.29 is 58.5 Å². The number of rotatable bonds is 23. The maximum absolute atomic E-state index is 12.9. The Morgan fingerprint density at radius 1 is 0.690 bits per heavy atom. The predicted octanol–water partition coefficient (Wildman–Crippen LogP) is 2.69. The molecule has 0 aromatic rings. The van der Waals surface area contributed by atoms with Crippen molar-refractivity contribution >= 4 is 17.9 Å². The van der Waals surface area contributed by atoms with Crippen LogP contribution in [0.5, 0.6) is 0 Å². The first-order chi connectivity index (χ1) is 20.2. The van der Waals surface area contributed by atoms with Gasteiger partial charge in [0.05, 0.1) is 19.8 Å². The maximum Gasteiger partial charge on any atom is 0.306 e. The zero-order valence-electron chi connectivity index (χ0n) is 25.6. The first-order valence-corrected chi connectivity index (χ1v) is 15.6. The fraction of sp³-hybridized carbons (Fsp3) is 0.900. The molecule has 0 bridgehead atoms. The summed E-state index contributed by atoms with van der Waals surface area (Å²) in [6.07, 6.45) is 1.82. The Morgan fingerprint density at radius 2 is 1.19 bits per heavy atom. The van der Waals surface area contributed by atoms with Crippen LogP contribution in [0.25, 0.3) is 0 Å². The van der Waals surface area contributed by atoms with E-state index < -0.39 is 80.6 Å². The van der Waals surface area contributed by atoms with E-state index in [0.717, 1.165) is 71.1 Å². The monoisotopic (exact) mass is 606 g/mol. The third-order valence-corrected chi connectivity index (χ3v) is 7.14. The number of hydrogen-bond donors (Lipinski definition) is 4. The molecule has 1 aliphatic rings. The van der Waals surface area contributed by atoms with E-state index >= 15 is 0 Å². The lowest BCUT2D eigenvalue weighted by molar-refractivity contribution is -0.312. The summed E-state index contributed by atoms with van der Waals surface area (Å²) >= 11 is 0. The van der Waals surface area contributed by atoms with E-state index in [1.54, 1.807) is 0 Å². The average molecular weight is 607 g/mol. The summed E-state index contributed by atoms with van der Waals surface area (Å²) in [7, 11) is 0. The predicted molar refractivity (Wildman–Crippen MR) is 152 cm³/mol. The van der Waals surface area contributed by atoms with Gasteiger partial charge in [-0.05, 0) is 12.8 Å². The van der Waals surface area contributed by atoms with Crippen LogP contribution in [0, 0.1) is 0 Å². The molecule has 12 heteroatoms. The van der Waals surface area contributed by atoms with Crippen LogP contribution in [0.3, 0.4) is 0 Å². The molecule has 42 heavy (non-hydrogen) atoms. The number of esters is 3. The molecule has 0 saturated carbocycles. The van der Waals surface area contributed by atoms with Gasteiger partial charge in [0.1, 0.15) is 18.3 Å². The number of aliphatic hydroxyl groups excluding tert-OH is 4. The van der Waals surface area contributed by atoms with Crippen LogP contribution < -0.4 is 0 Å². The molecular formula is C30H54O12. The summed E-state index contributed by atoms with van der Waals surface area (Å²) in [5.41, 5.74) is 0. The SMILES string of the molecule is CCCCCCCCC(=O)O[C@@H]1[C@H](OC(=O)CCCCCCCC)[C@H](OC[C@@H](O)[C@@H](O)CO)O[C@H](CO)[C@H]1OC(C)=O.